The van der Waals surface area contributed by atoms with Crippen molar-refractivity contribution in [1.29, 1.82) is 0 Å². The fourth-order valence-corrected chi connectivity index (χ4v) is 1.81. The van der Waals surface area contributed by atoms with Gasteiger partial charge < -0.3 is 15.3 Å². The molecule has 0 bridgehead atoms. The van der Waals surface area contributed by atoms with Crippen molar-refractivity contribution in [2.45, 2.75) is 18.9 Å². The van der Waals surface area contributed by atoms with Gasteiger partial charge in [-0.3, -0.25) is 4.79 Å². The Hall–Kier alpha value is -0.980. The van der Waals surface area contributed by atoms with Crippen molar-refractivity contribution in [3.63, 3.8) is 0 Å². The normalized spacial score (nSPS) is 12.7. The van der Waals surface area contributed by atoms with E-state index >= 15 is 0 Å². The molecule has 5 nitrogen and oxygen atoms in total. The molecule has 0 spiro atoms. The third kappa shape index (κ3) is 3.41. The van der Waals surface area contributed by atoms with Crippen molar-refractivity contribution in [2.75, 3.05) is 6.61 Å². The molecule has 0 radical (unpaired) electrons. The summed E-state index contributed by atoms with van der Waals surface area (Å²) in [7, 11) is 0. The number of nitrogens with zero attached hydrogens (tertiary/aromatic N) is 1. The Bertz CT molecular complexity index is 312. The van der Waals surface area contributed by atoms with E-state index < -0.39 is 12.1 Å². The summed E-state index contributed by atoms with van der Waals surface area (Å²) in [5, 5.41) is 28.5. The van der Waals surface area contributed by atoms with E-state index in [9.17, 15) is 4.79 Å². The molecule has 1 rings (SSSR count). The van der Waals surface area contributed by atoms with Crippen LogP contribution in [0.1, 0.15) is 10.7 Å². The summed E-state index contributed by atoms with van der Waals surface area (Å²) >= 11 is 1.29. The maximum atomic E-state index is 10.3. The minimum absolute atomic E-state index is 0.105. The number of rotatable bonds is 5. The number of hydrogen-bond acceptors (Lipinski definition) is 5. The van der Waals surface area contributed by atoms with Gasteiger partial charge in [0.05, 0.1) is 29.8 Å². The van der Waals surface area contributed by atoms with Gasteiger partial charge in [0.15, 0.2) is 0 Å². The number of aromatic nitrogens is 1. The van der Waals surface area contributed by atoms with E-state index in [2.05, 4.69) is 4.98 Å². The highest BCUT2D eigenvalue weighted by Gasteiger charge is 2.09. The number of carbonyl (C=O) groups is 1. The second kappa shape index (κ2) is 5.04. The Balaban J connectivity index is 2.54. The maximum absolute atomic E-state index is 10.3. The van der Waals surface area contributed by atoms with Crippen LogP contribution < -0.4 is 0 Å². The first-order chi connectivity index (χ1) is 6.61. The van der Waals surface area contributed by atoms with Gasteiger partial charge in [0.2, 0.25) is 0 Å². The minimum Gasteiger partial charge on any atom is -0.481 e. The van der Waals surface area contributed by atoms with Crippen molar-refractivity contribution in [3.05, 3.63) is 16.1 Å². The average Bonchev–Trinajstić information content (AvgIpc) is 2.51. The zero-order valence-electron chi connectivity index (χ0n) is 7.38. The van der Waals surface area contributed by atoms with Gasteiger partial charge in [-0.05, 0) is 0 Å². The Kier molecular flexibility index (Phi) is 3.99. The third-order valence-corrected chi connectivity index (χ3v) is 2.47. The van der Waals surface area contributed by atoms with Crippen molar-refractivity contribution in [1.82, 2.24) is 4.98 Å². The summed E-state index contributed by atoms with van der Waals surface area (Å²) in [6.07, 6.45) is -0.661. The van der Waals surface area contributed by atoms with Gasteiger partial charge in [0, 0.05) is 11.8 Å². The number of carboxylic acid groups (broad SMARTS) is 1. The Morgan fingerprint density at radius 1 is 1.64 bits per heavy atom. The van der Waals surface area contributed by atoms with Crippen LogP contribution in [0.2, 0.25) is 0 Å². The number of aliphatic carboxylic acids is 1. The van der Waals surface area contributed by atoms with Crippen LogP contribution in [0, 0.1) is 0 Å². The second-order valence-corrected chi connectivity index (χ2v) is 3.79. The van der Waals surface area contributed by atoms with Crippen molar-refractivity contribution in [3.8, 4) is 0 Å². The molecule has 0 amide bonds. The first-order valence-corrected chi connectivity index (χ1v) is 4.93. The topological polar surface area (TPSA) is 90.7 Å². The van der Waals surface area contributed by atoms with E-state index in [4.69, 9.17) is 15.3 Å². The minimum atomic E-state index is -0.926. The third-order valence-electron chi connectivity index (χ3n) is 1.55. The smallest absolute Gasteiger partial charge is 0.309 e. The summed E-state index contributed by atoms with van der Waals surface area (Å²) < 4.78 is 0. The molecule has 0 saturated carbocycles. The number of aliphatic hydroxyl groups excluding tert-OH is 2. The van der Waals surface area contributed by atoms with Crippen LogP contribution in [0.3, 0.4) is 0 Å². The van der Waals surface area contributed by atoms with Gasteiger partial charge in [-0.2, -0.15) is 0 Å². The number of carboxylic acids is 1. The fraction of sp³-hybridized carbons (Fsp3) is 0.500. The van der Waals surface area contributed by atoms with E-state index in [1.165, 1.54) is 11.3 Å². The Morgan fingerprint density at radius 3 is 2.93 bits per heavy atom. The molecular weight excluding hydrogens is 206 g/mol. The van der Waals surface area contributed by atoms with E-state index in [0.29, 0.717) is 10.7 Å². The standard InChI is InChI=1S/C8H11NO4S/c10-3-6(11)2-7-9-5(4-14-7)1-8(12)13/h4,6,10-11H,1-3H2,(H,12,13). The monoisotopic (exact) mass is 217 g/mol. The number of thiazole rings is 1. The zero-order chi connectivity index (χ0) is 10.6. The lowest BCUT2D eigenvalue weighted by atomic mass is 10.3. The molecule has 0 aliphatic heterocycles. The Morgan fingerprint density at radius 2 is 2.36 bits per heavy atom. The van der Waals surface area contributed by atoms with E-state index in [1.54, 1.807) is 5.38 Å². The summed E-state index contributed by atoms with van der Waals surface area (Å²) in [5.41, 5.74) is 0.489. The molecule has 1 aromatic rings. The second-order valence-electron chi connectivity index (χ2n) is 2.84. The summed E-state index contributed by atoms with van der Waals surface area (Å²) in [4.78, 5) is 14.3. The first kappa shape index (κ1) is 11.1. The highest BCUT2D eigenvalue weighted by Crippen LogP contribution is 2.12. The van der Waals surface area contributed by atoms with E-state index in [0.717, 1.165) is 0 Å². The summed E-state index contributed by atoms with van der Waals surface area (Å²) in [6, 6.07) is 0. The van der Waals surface area contributed by atoms with Gasteiger partial charge in [0.1, 0.15) is 0 Å². The molecule has 1 heterocycles. The van der Waals surface area contributed by atoms with Crippen LogP contribution in [0.25, 0.3) is 0 Å². The molecule has 0 aliphatic carbocycles. The van der Waals surface area contributed by atoms with Crippen LogP contribution in [0.15, 0.2) is 5.38 Å². The summed E-state index contributed by atoms with van der Waals surface area (Å²) in [6.45, 7) is -0.312. The van der Waals surface area contributed by atoms with Crippen LogP contribution in [0.5, 0.6) is 0 Å². The lowest BCUT2D eigenvalue weighted by molar-refractivity contribution is -0.136. The highest BCUT2D eigenvalue weighted by atomic mass is 32.1. The van der Waals surface area contributed by atoms with E-state index in [-0.39, 0.29) is 19.4 Å². The van der Waals surface area contributed by atoms with Gasteiger partial charge in [-0.1, -0.05) is 0 Å². The van der Waals surface area contributed by atoms with Crippen molar-refractivity contribution >= 4 is 17.3 Å². The molecule has 14 heavy (non-hydrogen) atoms. The largest absolute Gasteiger partial charge is 0.481 e. The fourth-order valence-electron chi connectivity index (χ4n) is 0.945. The number of hydrogen-bond donors (Lipinski definition) is 3. The lowest BCUT2D eigenvalue weighted by Crippen LogP contribution is -2.15. The van der Waals surface area contributed by atoms with Gasteiger partial charge in [-0.25, -0.2) is 4.98 Å². The number of aliphatic hydroxyl groups is 2. The van der Waals surface area contributed by atoms with Gasteiger partial charge in [0.25, 0.3) is 0 Å². The quantitative estimate of drug-likeness (QED) is 0.628. The molecule has 3 N–H and O–H groups in total. The van der Waals surface area contributed by atoms with Crippen molar-refractivity contribution in [2.24, 2.45) is 0 Å². The predicted octanol–water partition coefficient (Wildman–Crippen LogP) is -0.334. The molecule has 0 aliphatic rings. The average molecular weight is 217 g/mol. The predicted molar refractivity (Wildman–Crippen MR) is 50.3 cm³/mol. The van der Waals surface area contributed by atoms with E-state index in [1.807, 2.05) is 0 Å². The molecule has 78 valence electrons. The highest BCUT2D eigenvalue weighted by molar-refractivity contribution is 7.09. The molecule has 6 heteroatoms. The molecule has 1 unspecified atom stereocenters. The van der Waals surface area contributed by atoms with Gasteiger partial charge in [-0.15, -0.1) is 11.3 Å². The summed E-state index contributed by atoms with van der Waals surface area (Å²) in [5.74, 6) is -0.926. The lowest BCUT2D eigenvalue weighted by Gasteiger charge is -2.02. The van der Waals surface area contributed by atoms with Crippen LogP contribution in [-0.4, -0.2) is 39.0 Å². The van der Waals surface area contributed by atoms with Crippen LogP contribution in [-0.2, 0) is 17.6 Å². The Labute approximate surface area is 84.7 Å². The molecule has 0 fully saturated rings. The maximum Gasteiger partial charge on any atom is 0.309 e. The van der Waals surface area contributed by atoms with Crippen LogP contribution >= 0.6 is 11.3 Å². The van der Waals surface area contributed by atoms with Crippen LogP contribution in [0.4, 0.5) is 0 Å². The first-order valence-electron chi connectivity index (χ1n) is 4.06. The van der Waals surface area contributed by atoms with Crippen molar-refractivity contribution < 1.29 is 20.1 Å². The molecule has 1 atom stereocenters. The molecule has 0 saturated heterocycles. The molecular formula is C8H11NO4S. The SMILES string of the molecule is O=C(O)Cc1csc(CC(O)CO)n1. The zero-order valence-corrected chi connectivity index (χ0v) is 8.20. The molecule has 0 aromatic carbocycles. The van der Waals surface area contributed by atoms with Gasteiger partial charge >= 0.3 is 5.97 Å². The molecule has 1 aromatic heterocycles.